The fraction of sp³-hybridized carbons (Fsp3) is 0.333. The maximum Gasteiger partial charge on any atom is 0.419 e. The van der Waals surface area contributed by atoms with Gasteiger partial charge in [-0.25, -0.2) is 19.3 Å². The zero-order valence-corrected chi connectivity index (χ0v) is 16.7. The van der Waals surface area contributed by atoms with E-state index in [0.29, 0.717) is 30.4 Å². The quantitative estimate of drug-likeness (QED) is 0.596. The van der Waals surface area contributed by atoms with E-state index in [0.717, 1.165) is 36.4 Å². The van der Waals surface area contributed by atoms with Crippen molar-refractivity contribution in [2.75, 3.05) is 23.3 Å². The molecule has 32 heavy (non-hydrogen) atoms. The van der Waals surface area contributed by atoms with E-state index in [9.17, 15) is 22.4 Å². The van der Waals surface area contributed by atoms with Crippen LogP contribution in [0, 0.1) is 5.82 Å². The number of piperidine rings is 1. The van der Waals surface area contributed by atoms with E-state index in [4.69, 9.17) is 0 Å². The summed E-state index contributed by atoms with van der Waals surface area (Å²) in [5, 5.41) is 2.72. The summed E-state index contributed by atoms with van der Waals surface area (Å²) < 4.78 is 52.6. The molecule has 4 heterocycles. The molecular formula is C21H18F4N6O. The number of nitrogens with zero attached hydrogens (tertiary/aromatic N) is 4. The summed E-state index contributed by atoms with van der Waals surface area (Å²) in [4.78, 5) is 29.7. The number of anilines is 2. The van der Waals surface area contributed by atoms with Gasteiger partial charge in [0.25, 0.3) is 0 Å². The number of nitrogens with one attached hydrogen (secondary N) is 2. The highest BCUT2D eigenvalue weighted by Gasteiger charge is 2.34. The molecule has 166 valence electrons. The zero-order chi connectivity index (χ0) is 22.5. The first kappa shape index (κ1) is 20.4. The molecule has 0 radical (unpaired) electrons. The normalized spacial score (nSPS) is 16.9. The van der Waals surface area contributed by atoms with Crippen LogP contribution in [-0.4, -0.2) is 38.9 Å². The van der Waals surface area contributed by atoms with E-state index in [1.165, 1.54) is 18.6 Å². The van der Waals surface area contributed by atoms with Crippen molar-refractivity contribution >= 4 is 17.5 Å². The number of alkyl halides is 3. The Labute approximate surface area is 179 Å². The number of H-pyrrole nitrogens is 1. The zero-order valence-electron chi connectivity index (χ0n) is 16.7. The van der Waals surface area contributed by atoms with Crippen LogP contribution >= 0.6 is 0 Å². The minimum Gasteiger partial charge on any atom is -0.356 e. The highest BCUT2D eigenvalue weighted by Crippen LogP contribution is 2.36. The largest absolute Gasteiger partial charge is 0.419 e. The van der Waals surface area contributed by atoms with Crippen LogP contribution in [0.5, 0.6) is 0 Å². The summed E-state index contributed by atoms with van der Waals surface area (Å²) in [6.07, 6.45) is -0.0947. The highest BCUT2D eigenvalue weighted by molar-refractivity contribution is 5.99. The lowest BCUT2D eigenvalue weighted by molar-refractivity contribution is -0.140. The number of carbonyl (C=O) groups is 1. The molecule has 7 nitrogen and oxygen atoms in total. The molecule has 0 spiro atoms. The predicted octanol–water partition coefficient (Wildman–Crippen LogP) is 3.90. The van der Waals surface area contributed by atoms with E-state index in [1.807, 2.05) is 0 Å². The maximum atomic E-state index is 13.6. The van der Waals surface area contributed by atoms with Crippen LogP contribution in [0.15, 0.2) is 30.7 Å². The molecule has 0 unspecified atom stereocenters. The summed E-state index contributed by atoms with van der Waals surface area (Å²) in [6.45, 7) is 1.38. The third-order valence-electron chi connectivity index (χ3n) is 5.88. The van der Waals surface area contributed by atoms with Crippen molar-refractivity contribution in [1.29, 1.82) is 0 Å². The van der Waals surface area contributed by atoms with Crippen molar-refractivity contribution in [3.05, 3.63) is 53.5 Å². The van der Waals surface area contributed by atoms with Crippen LogP contribution in [0.3, 0.4) is 0 Å². The molecule has 2 aliphatic heterocycles. The molecule has 0 atom stereocenters. The van der Waals surface area contributed by atoms with Crippen molar-refractivity contribution in [3.63, 3.8) is 0 Å². The number of hydrogen-bond acceptors (Lipinski definition) is 5. The van der Waals surface area contributed by atoms with Gasteiger partial charge in [0.2, 0.25) is 5.91 Å². The number of benzene rings is 1. The minimum absolute atomic E-state index is 0.0946. The Kier molecular flexibility index (Phi) is 4.83. The Hall–Kier alpha value is -3.50. The van der Waals surface area contributed by atoms with Gasteiger partial charge in [0.15, 0.2) is 0 Å². The second-order valence-corrected chi connectivity index (χ2v) is 7.89. The van der Waals surface area contributed by atoms with Gasteiger partial charge in [-0.2, -0.15) is 13.2 Å². The van der Waals surface area contributed by atoms with Gasteiger partial charge in [0, 0.05) is 30.1 Å². The first-order valence-corrected chi connectivity index (χ1v) is 10.1. The molecule has 2 aliphatic rings. The molecule has 3 aromatic rings. The van der Waals surface area contributed by atoms with Gasteiger partial charge in [0.05, 0.1) is 23.9 Å². The number of rotatable bonds is 3. The molecule has 5 rings (SSSR count). The number of halogens is 4. The first-order valence-electron chi connectivity index (χ1n) is 10.1. The van der Waals surface area contributed by atoms with Crippen LogP contribution in [0.4, 0.5) is 29.2 Å². The Balaban J connectivity index is 1.30. The van der Waals surface area contributed by atoms with Gasteiger partial charge in [-0.15, -0.1) is 0 Å². The lowest BCUT2D eigenvalue weighted by atomic mass is 9.96. The summed E-state index contributed by atoms with van der Waals surface area (Å²) in [7, 11) is 0. The Bertz CT molecular complexity index is 1180. The summed E-state index contributed by atoms with van der Waals surface area (Å²) >= 11 is 0. The number of fused-ring (bicyclic) bond motifs is 1. The molecule has 1 amide bonds. The second kappa shape index (κ2) is 7.57. The average Bonchev–Trinajstić information content (AvgIpc) is 3.39. The van der Waals surface area contributed by atoms with Crippen LogP contribution in [0.25, 0.3) is 11.3 Å². The molecule has 1 saturated heterocycles. The molecule has 1 aromatic carbocycles. The number of hydrogen-bond donors (Lipinski definition) is 2. The summed E-state index contributed by atoms with van der Waals surface area (Å²) in [5.74, 6) is 0.670. The Morgan fingerprint density at radius 2 is 1.88 bits per heavy atom. The van der Waals surface area contributed by atoms with Gasteiger partial charge in [-0.3, -0.25) is 4.79 Å². The number of aromatic amines is 1. The fourth-order valence-electron chi connectivity index (χ4n) is 4.25. The van der Waals surface area contributed by atoms with Crippen LogP contribution in [-0.2, 0) is 17.4 Å². The number of imidazole rings is 1. The number of carbonyl (C=O) groups excluding carboxylic acids is 1. The molecule has 11 heteroatoms. The standard InChI is InChI=1S/C21H18F4N6O/c22-15-2-1-12(7-14(15)21(23,24)25)16-9-26-18(29-16)11-3-5-31(6-4-11)20-13-8-17(32)30-19(13)27-10-28-20/h1-2,7,9-11H,3-6,8H2,(H,26,29)(H,27,28,30,32). The monoisotopic (exact) mass is 446 g/mol. The van der Waals surface area contributed by atoms with Crippen molar-refractivity contribution in [2.24, 2.45) is 0 Å². The Morgan fingerprint density at radius 1 is 1.09 bits per heavy atom. The molecule has 1 fully saturated rings. The van der Waals surface area contributed by atoms with Gasteiger partial charge in [0.1, 0.15) is 29.6 Å². The molecule has 2 aromatic heterocycles. The fourth-order valence-corrected chi connectivity index (χ4v) is 4.25. The van der Waals surface area contributed by atoms with E-state index < -0.39 is 17.6 Å². The summed E-state index contributed by atoms with van der Waals surface area (Å²) in [5.41, 5.74) is 0.132. The van der Waals surface area contributed by atoms with E-state index in [1.54, 1.807) is 0 Å². The van der Waals surface area contributed by atoms with E-state index in [2.05, 4.69) is 30.2 Å². The van der Waals surface area contributed by atoms with E-state index in [-0.39, 0.29) is 23.8 Å². The van der Waals surface area contributed by atoms with Crippen LogP contribution in [0.2, 0.25) is 0 Å². The molecular weight excluding hydrogens is 428 g/mol. The lowest BCUT2D eigenvalue weighted by Gasteiger charge is -2.32. The average molecular weight is 446 g/mol. The second-order valence-electron chi connectivity index (χ2n) is 7.89. The number of aromatic nitrogens is 4. The van der Waals surface area contributed by atoms with E-state index >= 15 is 0 Å². The van der Waals surface area contributed by atoms with Crippen molar-refractivity contribution < 1.29 is 22.4 Å². The van der Waals surface area contributed by atoms with Gasteiger partial charge < -0.3 is 15.2 Å². The molecule has 0 aliphatic carbocycles. The molecule has 2 N–H and O–H groups in total. The smallest absolute Gasteiger partial charge is 0.356 e. The minimum atomic E-state index is -4.77. The van der Waals surface area contributed by atoms with Crippen molar-refractivity contribution in [1.82, 2.24) is 19.9 Å². The third-order valence-corrected chi connectivity index (χ3v) is 5.88. The van der Waals surface area contributed by atoms with Crippen LogP contribution in [0.1, 0.15) is 35.7 Å². The molecule has 0 bridgehead atoms. The highest BCUT2D eigenvalue weighted by atomic mass is 19.4. The van der Waals surface area contributed by atoms with Gasteiger partial charge in [-0.05, 0) is 31.0 Å². The van der Waals surface area contributed by atoms with Crippen LogP contribution < -0.4 is 10.2 Å². The molecule has 0 saturated carbocycles. The first-order chi connectivity index (χ1) is 15.3. The number of amides is 1. The SMILES string of the molecule is O=C1Cc2c(ncnc2N2CCC(c3ncc(-c4ccc(F)c(C(F)(F)F)c4)[nH]3)CC2)N1. The lowest BCUT2D eigenvalue weighted by Crippen LogP contribution is -2.34. The maximum absolute atomic E-state index is 13.6. The van der Waals surface area contributed by atoms with Crippen molar-refractivity contribution in [3.8, 4) is 11.3 Å². The summed E-state index contributed by atoms with van der Waals surface area (Å²) in [6, 6.07) is 2.91. The predicted molar refractivity (Wildman–Crippen MR) is 108 cm³/mol. The topological polar surface area (TPSA) is 86.8 Å². The third kappa shape index (κ3) is 3.67. The van der Waals surface area contributed by atoms with Gasteiger partial charge in [-0.1, -0.05) is 0 Å². The van der Waals surface area contributed by atoms with Gasteiger partial charge >= 0.3 is 6.18 Å². The van der Waals surface area contributed by atoms with Crippen molar-refractivity contribution in [2.45, 2.75) is 31.4 Å². The Morgan fingerprint density at radius 3 is 2.62 bits per heavy atom.